The van der Waals surface area contributed by atoms with E-state index in [-0.39, 0.29) is 12.0 Å². The summed E-state index contributed by atoms with van der Waals surface area (Å²) in [5, 5.41) is 2.99. The Morgan fingerprint density at radius 1 is 1.03 bits per heavy atom. The zero-order valence-corrected chi connectivity index (χ0v) is 17.6. The summed E-state index contributed by atoms with van der Waals surface area (Å²) >= 11 is 0. The fraction of sp³-hybridized carbons (Fsp3) is 0.435. The molecule has 0 unspecified atom stereocenters. The third-order valence-corrected chi connectivity index (χ3v) is 4.99. The van der Waals surface area contributed by atoms with Crippen LogP contribution in [0.5, 0.6) is 11.5 Å². The number of methoxy groups -OCH3 is 1. The SMILES string of the molecule is COc1ccc(N2CCN(CCC(=O)Nc3ccccc3OC(C)C)CC2)cc1. The molecule has 6 heteroatoms. The maximum Gasteiger partial charge on any atom is 0.225 e. The summed E-state index contributed by atoms with van der Waals surface area (Å²) in [5.41, 5.74) is 1.94. The third-order valence-electron chi connectivity index (χ3n) is 4.99. The number of benzene rings is 2. The van der Waals surface area contributed by atoms with Gasteiger partial charge in [-0.3, -0.25) is 9.69 Å². The number of piperazine rings is 1. The zero-order chi connectivity index (χ0) is 20.6. The summed E-state index contributed by atoms with van der Waals surface area (Å²) in [6.07, 6.45) is 0.536. The topological polar surface area (TPSA) is 54.0 Å². The molecule has 2 aromatic rings. The van der Waals surface area contributed by atoms with E-state index in [1.54, 1.807) is 7.11 Å². The van der Waals surface area contributed by atoms with Gasteiger partial charge in [-0.25, -0.2) is 0 Å². The Labute approximate surface area is 173 Å². The molecule has 1 saturated heterocycles. The monoisotopic (exact) mass is 397 g/mol. The van der Waals surface area contributed by atoms with Crippen molar-refractivity contribution < 1.29 is 14.3 Å². The normalized spacial score (nSPS) is 14.7. The number of amides is 1. The van der Waals surface area contributed by atoms with Gasteiger partial charge in [0.2, 0.25) is 5.91 Å². The van der Waals surface area contributed by atoms with Gasteiger partial charge in [0.1, 0.15) is 11.5 Å². The lowest BCUT2D eigenvalue weighted by Crippen LogP contribution is -2.47. The molecule has 0 radical (unpaired) electrons. The van der Waals surface area contributed by atoms with Crippen molar-refractivity contribution in [2.75, 3.05) is 50.1 Å². The first-order valence-corrected chi connectivity index (χ1v) is 10.2. The van der Waals surface area contributed by atoms with Crippen LogP contribution in [0.15, 0.2) is 48.5 Å². The molecule has 1 amide bonds. The van der Waals surface area contributed by atoms with Crippen molar-refractivity contribution in [3.05, 3.63) is 48.5 Å². The largest absolute Gasteiger partial charge is 0.497 e. The van der Waals surface area contributed by atoms with Crippen LogP contribution in [-0.2, 0) is 4.79 Å². The van der Waals surface area contributed by atoms with Crippen molar-refractivity contribution in [3.63, 3.8) is 0 Å². The molecule has 3 rings (SSSR count). The molecular formula is C23H31N3O3. The van der Waals surface area contributed by atoms with Crippen LogP contribution in [0.2, 0.25) is 0 Å². The smallest absolute Gasteiger partial charge is 0.225 e. The quantitative estimate of drug-likeness (QED) is 0.737. The molecule has 1 aliphatic heterocycles. The molecule has 156 valence electrons. The number of anilines is 2. The minimum Gasteiger partial charge on any atom is -0.497 e. The Hall–Kier alpha value is -2.73. The van der Waals surface area contributed by atoms with Crippen molar-refractivity contribution in [1.29, 1.82) is 0 Å². The van der Waals surface area contributed by atoms with Gasteiger partial charge >= 0.3 is 0 Å². The first-order valence-electron chi connectivity index (χ1n) is 10.2. The lowest BCUT2D eigenvalue weighted by Gasteiger charge is -2.36. The number of nitrogens with zero attached hydrogens (tertiary/aromatic N) is 2. The second-order valence-corrected chi connectivity index (χ2v) is 7.49. The van der Waals surface area contributed by atoms with E-state index in [9.17, 15) is 4.79 Å². The maximum atomic E-state index is 12.4. The van der Waals surface area contributed by atoms with Gasteiger partial charge in [-0.15, -0.1) is 0 Å². The van der Waals surface area contributed by atoms with Crippen LogP contribution in [0, 0.1) is 0 Å². The number of carbonyl (C=O) groups is 1. The first-order chi connectivity index (χ1) is 14.0. The lowest BCUT2D eigenvalue weighted by molar-refractivity contribution is -0.116. The van der Waals surface area contributed by atoms with Crippen LogP contribution >= 0.6 is 0 Å². The second kappa shape index (κ2) is 10.2. The molecule has 2 aromatic carbocycles. The second-order valence-electron chi connectivity index (χ2n) is 7.49. The van der Waals surface area contributed by atoms with Gasteiger partial charge in [0.25, 0.3) is 0 Å². The van der Waals surface area contributed by atoms with Crippen LogP contribution in [-0.4, -0.2) is 56.7 Å². The average molecular weight is 398 g/mol. The molecule has 1 fully saturated rings. The van der Waals surface area contributed by atoms with Gasteiger partial charge in [-0.05, 0) is 50.2 Å². The van der Waals surface area contributed by atoms with E-state index in [2.05, 4.69) is 27.2 Å². The number of ether oxygens (including phenoxy) is 2. The molecule has 0 bridgehead atoms. The Kier molecular flexibility index (Phi) is 7.36. The van der Waals surface area contributed by atoms with Crippen molar-refractivity contribution >= 4 is 17.3 Å². The fourth-order valence-corrected chi connectivity index (χ4v) is 3.42. The van der Waals surface area contributed by atoms with Crippen LogP contribution in [0.3, 0.4) is 0 Å². The van der Waals surface area contributed by atoms with E-state index in [1.165, 1.54) is 5.69 Å². The minimum atomic E-state index is 0.0161. The Bertz CT molecular complexity index is 784. The molecular weight excluding hydrogens is 366 g/mol. The summed E-state index contributed by atoms with van der Waals surface area (Å²) in [5.74, 6) is 1.60. The molecule has 0 atom stereocenters. The number of rotatable bonds is 8. The van der Waals surface area contributed by atoms with Crippen LogP contribution in [0.1, 0.15) is 20.3 Å². The highest BCUT2D eigenvalue weighted by Crippen LogP contribution is 2.25. The van der Waals surface area contributed by atoms with E-state index in [4.69, 9.17) is 9.47 Å². The lowest BCUT2D eigenvalue weighted by atomic mass is 10.2. The minimum absolute atomic E-state index is 0.0161. The number of carbonyl (C=O) groups excluding carboxylic acids is 1. The Morgan fingerprint density at radius 2 is 1.72 bits per heavy atom. The van der Waals surface area contributed by atoms with E-state index >= 15 is 0 Å². The van der Waals surface area contributed by atoms with Gasteiger partial charge in [0.15, 0.2) is 0 Å². The highest BCUT2D eigenvalue weighted by Gasteiger charge is 2.18. The average Bonchev–Trinajstić information content (AvgIpc) is 2.74. The van der Waals surface area contributed by atoms with Crippen molar-refractivity contribution in [1.82, 2.24) is 4.90 Å². The summed E-state index contributed by atoms with van der Waals surface area (Å²) in [6.45, 7) is 8.53. The number of para-hydroxylation sites is 2. The maximum absolute atomic E-state index is 12.4. The fourth-order valence-electron chi connectivity index (χ4n) is 3.42. The highest BCUT2D eigenvalue weighted by atomic mass is 16.5. The molecule has 0 aromatic heterocycles. The highest BCUT2D eigenvalue weighted by molar-refractivity contribution is 5.92. The van der Waals surface area contributed by atoms with Crippen LogP contribution in [0.4, 0.5) is 11.4 Å². The van der Waals surface area contributed by atoms with Gasteiger partial charge in [-0.1, -0.05) is 12.1 Å². The zero-order valence-electron chi connectivity index (χ0n) is 17.6. The van der Waals surface area contributed by atoms with E-state index in [0.29, 0.717) is 12.2 Å². The number of hydrogen-bond donors (Lipinski definition) is 1. The number of nitrogens with one attached hydrogen (secondary N) is 1. The molecule has 1 heterocycles. The molecule has 1 N–H and O–H groups in total. The molecule has 0 spiro atoms. The van der Waals surface area contributed by atoms with Crippen molar-refractivity contribution in [3.8, 4) is 11.5 Å². The summed E-state index contributed by atoms with van der Waals surface area (Å²) in [4.78, 5) is 17.1. The van der Waals surface area contributed by atoms with Crippen LogP contribution < -0.4 is 19.7 Å². The van der Waals surface area contributed by atoms with E-state index < -0.39 is 0 Å². The first kappa shape index (κ1) is 21.0. The van der Waals surface area contributed by atoms with Gasteiger partial charge < -0.3 is 19.7 Å². The molecule has 29 heavy (non-hydrogen) atoms. The summed E-state index contributed by atoms with van der Waals surface area (Å²) in [7, 11) is 1.68. The number of hydrogen-bond acceptors (Lipinski definition) is 5. The summed E-state index contributed by atoms with van der Waals surface area (Å²) in [6, 6.07) is 15.8. The predicted octanol–water partition coefficient (Wildman–Crippen LogP) is 3.63. The van der Waals surface area contributed by atoms with E-state index in [0.717, 1.165) is 44.2 Å². The Morgan fingerprint density at radius 3 is 2.38 bits per heavy atom. The third kappa shape index (κ3) is 6.12. The van der Waals surface area contributed by atoms with Gasteiger partial charge in [-0.2, -0.15) is 0 Å². The van der Waals surface area contributed by atoms with E-state index in [1.807, 2.05) is 50.2 Å². The van der Waals surface area contributed by atoms with Crippen LogP contribution in [0.25, 0.3) is 0 Å². The molecule has 1 aliphatic rings. The standard InChI is InChI=1S/C23H31N3O3/c1-18(2)29-22-7-5-4-6-21(22)24-23(27)12-13-25-14-16-26(17-15-25)19-8-10-20(28-3)11-9-19/h4-11,18H,12-17H2,1-3H3,(H,24,27). The van der Waals surface area contributed by atoms with Crippen molar-refractivity contribution in [2.24, 2.45) is 0 Å². The molecule has 0 saturated carbocycles. The predicted molar refractivity (Wildman–Crippen MR) is 117 cm³/mol. The summed E-state index contributed by atoms with van der Waals surface area (Å²) < 4.78 is 11.0. The van der Waals surface area contributed by atoms with Gasteiger partial charge in [0, 0.05) is 44.8 Å². The molecule has 0 aliphatic carbocycles. The Balaban J connectivity index is 1.44. The van der Waals surface area contributed by atoms with Gasteiger partial charge in [0.05, 0.1) is 18.9 Å². The molecule has 6 nitrogen and oxygen atoms in total. The van der Waals surface area contributed by atoms with Crippen molar-refractivity contribution in [2.45, 2.75) is 26.4 Å².